The number of aryl methyl sites for hydroxylation is 1. The summed E-state index contributed by atoms with van der Waals surface area (Å²) in [4.78, 5) is 4.17. The molecule has 0 saturated carbocycles. The second kappa shape index (κ2) is 5.19. The van der Waals surface area contributed by atoms with Crippen LogP contribution in [0.4, 0.5) is 0 Å². The highest BCUT2D eigenvalue weighted by molar-refractivity contribution is 5.78. The van der Waals surface area contributed by atoms with Crippen LogP contribution < -0.4 is 11.1 Å². The van der Waals surface area contributed by atoms with Crippen LogP contribution in [0.1, 0.15) is 12.5 Å². The Labute approximate surface area is 89.7 Å². The summed E-state index contributed by atoms with van der Waals surface area (Å²) in [7, 11) is 1.87. The van der Waals surface area contributed by atoms with Crippen molar-refractivity contribution in [1.29, 1.82) is 0 Å². The lowest BCUT2D eigenvalue weighted by Crippen LogP contribution is -2.32. The molecule has 82 valence electrons. The van der Waals surface area contributed by atoms with Crippen molar-refractivity contribution in [1.82, 2.24) is 15.1 Å². The van der Waals surface area contributed by atoms with Gasteiger partial charge in [-0.05, 0) is 6.92 Å². The van der Waals surface area contributed by atoms with E-state index in [9.17, 15) is 0 Å². The van der Waals surface area contributed by atoms with Gasteiger partial charge in [-0.2, -0.15) is 5.10 Å². The summed E-state index contributed by atoms with van der Waals surface area (Å²) in [6.07, 6.45) is 3.69. The van der Waals surface area contributed by atoms with Crippen LogP contribution in [0.15, 0.2) is 29.5 Å². The van der Waals surface area contributed by atoms with Crippen LogP contribution in [-0.4, -0.2) is 22.3 Å². The van der Waals surface area contributed by atoms with Crippen LogP contribution in [-0.2, 0) is 13.6 Å². The Morgan fingerprint density at radius 2 is 2.47 bits per heavy atom. The third-order valence-corrected chi connectivity index (χ3v) is 1.76. The van der Waals surface area contributed by atoms with Crippen molar-refractivity contribution in [3.63, 3.8) is 0 Å². The molecule has 0 aliphatic heterocycles. The minimum absolute atomic E-state index is 0.432. The fraction of sp³-hybridized carbons (Fsp3) is 0.400. The summed E-state index contributed by atoms with van der Waals surface area (Å²) in [5.41, 5.74) is 7.71. The summed E-state index contributed by atoms with van der Waals surface area (Å²) in [6, 6.07) is 0. The molecular weight excluding hydrogens is 190 g/mol. The Kier molecular flexibility index (Phi) is 3.91. The van der Waals surface area contributed by atoms with Crippen molar-refractivity contribution in [2.24, 2.45) is 17.8 Å². The fourth-order valence-electron chi connectivity index (χ4n) is 1.03. The van der Waals surface area contributed by atoms with E-state index in [2.05, 4.69) is 22.0 Å². The van der Waals surface area contributed by atoms with Gasteiger partial charge in [-0.25, -0.2) is 4.99 Å². The highest BCUT2D eigenvalue weighted by Crippen LogP contribution is 1.97. The first kappa shape index (κ1) is 11.3. The largest absolute Gasteiger partial charge is 0.370 e. The predicted molar refractivity (Wildman–Crippen MR) is 61.4 cm³/mol. The molecule has 15 heavy (non-hydrogen) atoms. The lowest BCUT2D eigenvalue weighted by molar-refractivity contribution is 0.766. The molecule has 0 aliphatic rings. The number of hydrogen-bond donors (Lipinski definition) is 2. The van der Waals surface area contributed by atoms with E-state index in [-0.39, 0.29) is 0 Å². The van der Waals surface area contributed by atoms with E-state index >= 15 is 0 Å². The number of hydrogen-bond acceptors (Lipinski definition) is 2. The molecule has 0 atom stereocenters. The van der Waals surface area contributed by atoms with Gasteiger partial charge in [0.05, 0.1) is 12.7 Å². The summed E-state index contributed by atoms with van der Waals surface area (Å²) >= 11 is 0. The van der Waals surface area contributed by atoms with Crippen molar-refractivity contribution in [3.8, 4) is 0 Å². The third-order valence-electron chi connectivity index (χ3n) is 1.76. The van der Waals surface area contributed by atoms with Gasteiger partial charge < -0.3 is 11.1 Å². The number of nitrogens with two attached hydrogens (primary N) is 1. The van der Waals surface area contributed by atoms with Crippen molar-refractivity contribution < 1.29 is 0 Å². The molecular formula is C10H17N5. The number of nitrogens with zero attached hydrogens (tertiary/aromatic N) is 3. The second-order valence-electron chi connectivity index (χ2n) is 3.53. The zero-order valence-electron chi connectivity index (χ0n) is 9.20. The summed E-state index contributed by atoms with van der Waals surface area (Å²) in [6.45, 7) is 6.89. The van der Waals surface area contributed by atoms with Crippen molar-refractivity contribution in [2.45, 2.75) is 13.5 Å². The second-order valence-corrected chi connectivity index (χ2v) is 3.53. The lowest BCUT2D eigenvalue weighted by Gasteiger charge is -2.03. The predicted octanol–water partition coefficient (Wildman–Crippen LogP) is 0.400. The Morgan fingerprint density at radius 1 is 1.73 bits per heavy atom. The molecule has 0 radical (unpaired) electrons. The maximum atomic E-state index is 5.65. The lowest BCUT2D eigenvalue weighted by atomic mass is 10.3. The molecule has 5 heteroatoms. The Morgan fingerprint density at radius 3 is 3.00 bits per heavy atom. The van der Waals surface area contributed by atoms with E-state index in [1.807, 2.05) is 20.2 Å². The first-order valence-electron chi connectivity index (χ1n) is 4.73. The van der Waals surface area contributed by atoms with Crippen LogP contribution in [0.25, 0.3) is 0 Å². The molecule has 5 nitrogen and oxygen atoms in total. The Balaban J connectivity index is 2.40. The van der Waals surface area contributed by atoms with Crippen molar-refractivity contribution in [3.05, 3.63) is 30.1 Å². The van der Waals surface area contributed by atoms with E-state index in [1.165, 1.54) is 0 Å². The topological polar surface area (TPSA) is 68.2 Å². The van der Waals surface area contributed by atoms with Gasteiger partial charge in [0.2, 0.25) is 0 Å². The monoisotopic (exact) mass is 207 g/mol. The molecule has 1 aromatic heterocycles. The van der Waals surface area contributed by atoms with Crippen LogP contribution in [0.3, 0.4) is 0 Å². The molecule has 3 N–H and O–H groups in total. The Bertz CT molecular complexity index is 364. The van der Waals surface area contributed by atoms with Gasteiger partial charge in [0.25, 0.3) is 0 Å². The van der Waals surface area contributed by atoms with E-state index in [0.717, 1.165) is 11.1 Å². The first-order chi connectivity index (χ1) is 7.08. The Hall–Kier alpha value is -1.78. The van der Waals surface area contributed by atoms with Gasteiger partial charge >= 0.3 is 0 Å². The highest BCUT2D eigenvalue weighted by atomic mass is 15.2. The SMILES string of the molecule is C=C(C)CNC(N)=NCc1cnn(C)c1. The van der Waals surface area contributed by atoms with Gasteiger partial charge in [-0.1, -0.05) is 12.2 Å². The standard InChI is InChI=1S/C10H17N5/c1-8(2)4-12-10(11)13-5-9-6-14-15(3)7-9/h6-7H,1,4-5H2,2-3H3,(H3,11,12,13). The molecule has 1 rings (SSSR count). The molecule has 0 saturated heterocycles. The molecule has 0 aromatic carbocycles. The van der Waals surface area contributed by atoms with Crippen LogP contribution in [0.2, 0.25) is 0 Å². The molecule has 0 fully saturated rings. The highest BCUT2D eigenvalue weighted by Gasteiger charge is 1.95. The van der Waals surface area contributed by atoms with Crippen LogP contribution >= 0.6 is 0 Å². The minimum Gasteiger partial charge on any atom is -0.370 e. The summed E-state index contributed by atoms with van der Waals surface area (Å²) in [5, 5.41) is 7.00. The number of guanidine groups is 1. The number of rotatable bonds is 4. The molecule has 0 bridgehead atoms. The van der Waals surface area contributed by atoms with Crippen molar-refractivity contribution >= 4 is 5.96 Å². The number of aliphatic imine (C=N–C) groups is 1. The zero-order chi connectivity index (χ0) is 11.3. The number of aromatic nitrogens is 2. The van der Waals surface area contributed by atoms with Gasteiger partial charge in [-0.15, -0.1) is 0 Å². The van der Waals surface area contributed by atoms with Gasteiger partial charge in [0, 0.05) is 25.4 Å². The molecule has 0 amide bonds. The smallest absolute Gasteiger partial charge is 0.189 e. The van der Waals surface area contributed by atoms with Gasteiger partial charge in [-0.3, -0.25) is 4.68 Å². The molecule has 1 heterocycles. The van der Waals surface area contributed by atoms with Crippen LogP contribution in [0.5, 0.6) is 0 Å². The zero-order valence-corrected chi connectivity index (χ0v) is 9.20. The average molecular weight is 207 g/mol. The summed E-state index contributed by atoms with van der Waals surface area (Å²) in [5.74, 6) is 0.432. The first-order valence-corrected chi connectivity index (χ1v) is 4.73. The van der Waals surface area contributed by atoms with Gasteiger partial charge in [0.1, 0.15) is 0 Å². The third kappa shape index (κ3) is 4.30. The van der Waals surface area contributed by atoms with E-state index in [1.54, 1.807) is 10.9 Å². The van der Waals surface area contributed by atoms with Gasteiger partial charge in [0.15, 0.2) is 5.96 Å². The number of nitrogens with one attached hydrogen (secondary N) is 1. The quantitative estimate of drug-likeness (QED) is 0.426. The summed E-state index contributed by atoms with van der Waals surface area (Å²) < 4.78 is 1.74. The normalized spacial score (nSPS) is 11.5. The molecule has 0 spiro atoms. The maximum absolute atomic E-state index is 5.65. The molecule has 0 unspecified atom stereocenters. The van der Waals surface area contributed by atoms with E-state index in [4.69, 9.17) is 5.73 Å². The minimum atomic E-state index is 0.432. The fourth-order valence-corrected chi connectivity index (χ4v) is 1.03. The van der Waals surface area contributed by atoms with Crippen LogP contribution in [0, 0.1) is 0 Å². The average Bonchev–Trinajstić information content (AvgIpc) is 2.58. The molecule has 0 aliphatic carbocycles. The maximum Gasteiger partial charge on any atom is 0.189 e. The van der Waals surface area contributed by atoms with E-state index < -0.39 is 0 Å². The van der Waals surface area contributed by atoms with Crippen molar-refractivity contribution in [2.75, 3.05) is 6.54 Å². The van der Waals surface area contributed by atoms with E-state index in [0.29, 0.717) is 19.0 Å². The molecule has 1 aromatic rings.